The topological polar surface area (TPSA) is 43.4 Å². The molecule has 0 aromatic rings. The third-order valence-electron chi connectivity index (χ3n) is 8.16. The van der Waals surface area contributed by atoms with E-state index in [2.05, 4.69) is 13.8 Å². The Bertz CT molecular complexity index is 555. The number of unbranched alkanes of at least 4 members (excludes halogenated alkanes) is 28. The van der Waals surface area contributed by atoms with Crippen LogP contribution >= 0.6 is 0 Å². The molecule has 0 bridgehead atoms. The summed E-state index contributed by atoms with van der Waals surface area (Å²) < 4.78 is 4.85. The largest absolute Gasteiger partial charge is 0.387 e. The molecule has 0 fully saturated rings. The molecule has 0 N–H and O–H groups in total. The summed E-state index contributed by atoms with van der Waals surface area (Å²) in [7, 11) is 0. The zero-order valence-electron chi connectivity index (χ0n) is 27.7. The molecule has 0 heterocycles. The van der Waals surface area contributed by atoms with Gasteiger partial charge in [-0.05, 0) is 25.7 Å². The van der Waals surface area contributed by atoms with Crippen LogP contribution in [0.3, 0.4) is 0 Å². The third kappa shape index (κ3) is 34.7. The van der Waals surface area contributed by atoms with Crippen molar-refractivity contribution in [1.82, 2.24) is 0 Å². The summed E-state index contributed by atoms with van der Waals surface area (Å²) in [6.45, 7) is 4.55. The van der Waals surface area contributed by atoms with E-state index in [4.69, 9.17) is 4.74 Å². The smallest absolute Gasteiger partial charge is 0.338 e. The van der Waals surface area contributed by atoms with Gasteiger partial charge in [-0.2, -0.15) is 0 Å². The Kier molecular flexibility index (Phi) is 33.6. The van der Waals surface area contributed by atoms with Crippen molar-refractivity contribution in [2.45, 2.75) is 206 Å². The molecule has 0 spiro atoms. The number of ether oxygens (including phenoxy) is 1. The van der Waals surface area contributed by atoms with Crippen molar-refractivity contribution in [3.05, 3.63) is 24.3 Å². The molecular formula is C38H70O3. The third-order valence-corrected chi connectivity index (χ3v) is 8.16. The molecular weight excluding hydrogens is 504 g/mol. The minimum atomic E-state index is -0.554. The van der Waals surface area contributed by atoms with Gasteiger partial charge in [-0.15, -0.1) is 0 Å². The number of hydrogen-bond donors (Lipinski definition) is 0. The van der Waals surface area contributed by atoms with Gasteiger partial charge < -0.3 is 4.74 Å². The minimum Gasteiger partial charge on any atom is -0.387 e. The summed E-state index contributed by atoms with van der Waals surface area (Å²) in [5, 5.41) is 0. The van der Waals surface area contributed by atoms with Crippen LogP contribution in [-0.4, -0.2) is 11.9 Å². The highest BCUT2D eigenvalue weighted by Gasteiger charge is 2.03. The maximum absolute atomic E-state index is 11.8. The maximum atomic E-state index is 11.8. The van der Waals surface area contributed by atoms with Crippen LogP contribution in [0.1, 0.15) is 206 Å². The number of allylic oxidation sites excluding steroid dienone is 2. The van der Waals surface area contributed by atoms with Gasteiger partial charge >= 0.3 is 11.9 Å². The van der Waals surface area contributed by atoms with Crippen LogP contribution < -0.4 is 0 Å². The fourth-order valence-electron chi connectivity index (χ4n) is 5.44. The van der Waals surface area contributed by atoms with Crippen LogP contribution in [0.5, 0.6) is 0 Å². The molecule has 240 valence electrons. The Morgan fingerprint density at radius 2 is 0.585 bits per heavy atom. The van der Waals surface area contributed by atoms with E-state index < -0.39 is 11.9 Å². The molecule has 0 aromatic heterocycles. The highest BCUT2D eigenvalue weighted by Crippen LogP contribution is 2.15. The summed E-state index contributed by atoms with van der Waals surface area (Å²) in [6, 6.07) is 0. The maximum Gasteiger partial charge on any atom is 0.338 e. The Hall–Kier alpha value is -1.38. The van der Waals surface area contributed by atoms with Crippen LogP contribution in [-0.2, 0) is 14.3 Å². The van der Waals surface area contributed by atoms with Crippen LogP contribution in [0.25, 0.3) is 0 Å². The first-order chi connectivity index (χ1) is 20.2. The molecule has 0 radical (unpaired) electrons. The average Bonchev–Trinajstić information content (AvgIpc) is 2.96. The van der Waals surface area contributed by atoms with Gasteiger partial charge in [-0.1, -0.05) is 193 Å². The van der Waals surface area contributed by atoms with Crippen molar-refractivity contribution in [2.75, 3.05) is 0 Å². The van der Waals surface area contributed by atoms with Crippen LogP contribution in [0.4, 0.5) is 0 Å². The molecule has 0 aliphatic heterocycles. The molecule has 0 atom stereocenters. The summed E-state index contributed by atoms with van der Waals surface area (Å²) in [5.41, 5.74) is 0. The normalized spacial score (nSPS) is 11.7. The van der Waals surface area contributed by atoms with E-state index >= 15 is 0 Å². The molecule has 0 aliphatic rings. The Balaban J connectivity index is 3.41. The molecule has 0 saturated heterocycles. The first kappa shape index (κ1) is 39.6. The lowest BCUT2D eigenvalue weighted by molar-refractivity contribution is -0.152. The minimum absolute atomic E-state index is 0.554. The van der Waals surface area contributed by atoms with Gasteiger partial charge in [0.05, 0.1) is 0 Å². The summed E-state index contributed by atoms with van der Waals surface area (Å²) >= 11 is 0. The van der Waals surface area contributed by atoms with Gasteiger partial charge in [0, 0.05) is 12.2 Å². The average molecular weight is 575 g/mol. The summed E-state index contributed by atoms with van der Waals surface area (Å²) in [4.78, 5) is 23.6. The number of rotatable bonds is 32. The van der Waals surface area contributed by atoms with Crippen molar-refractivity contribution in [3.63, 3.8) is 0 Å². The fraction of sp³-hybridized carbons (Fsp3) is 0.842. The van der Waals surface area contributed by atoms with E-state index in [1.165, 1.54) is 179 Å². The lowest BCUT2D eigenvalue weighted by atomic mass is 10.0. The van der Waals surface area contributed by atoms with Crippen molar-refractivity contribution in [1.29, 1.82) is 0 Å². The van der Waals surface area contributed by atoms with Gasteiger partial charge in [0.2, 0.25) is 0 Å². The first-order valence-corrected chi connectivity index (χ1v) is 18.3. The van der Waals surface area contributed by atoms with Crippen LogP contribution in [0, 0.1) is 0 Å². The van der Waals surface area contributed by atoms with E-state index in [9.17, 15) is 9.59 Å². The number of hydrogen-bond acceptors (Lipinski definition) is 3. The number of esters is 2. The zero-order chi connectivity index (χ0) is 29.9. The number of carbonyl (C=O) groups excluding carboxylic acids is 2. The van der Waals surface area contributed by atoms with Crippen molar-refractivity contribution < 1.29 is 14.3 Å². The van der Waals surface area contributed by atoms with Gasteiger partial charge in [-0.3, -0.25) is 0 Å². The molecule has 41 heavy (non-hydrogen) atoms. The van der Waals surface area contributed by atoms with Gasteiger partial charge in [0.15, 0.2) is 0 Å². The van der Waals surface area contributed by atoms with Crippen LogP contribution in [0.2, 0.25) is 0 Å². The quantitative estimate of drug-likeness (QED) is 0.0347. The monoisotopic (exact) mass is 575 g/mol. The second-order valence-corrected chi connectivity index (χ2v) is 12.3. The second-order valence-electron chi connectivity index (χ2n) is 12.3. The van der Waals surface area contributed by atoms with Crippen molar-refractivity contribution in [3.8, 4) is 0 Å². The Morgan fingerprint density at radius 1 is 0.366 bits per heavy atom. The van der Waals surface area contributed by atoms with E-state index in [0.717, 1.165) is 25.7 Å². The lowest BCUT2D eigenvalue weighted by Gasteiger charge is -2.03. The van der Waals surface area contributed by atoms with E-state index in [0.29, 0.717) is 0 Å². The Morgan fingerprint density at radius 3 is 0.829 bits per heavy atom. The fourth-order valence-corrected chi connectivity index (χ4v) is 5.44. The van der Waals surface area contributed by atoms with Crippen molar-refractivity contribution in [2.24, 2.45) is 0 Å². The summed E-state index contributed by atoms with van der Waals surface area (Å²) in [6.07, 6.45) is 45.9. The summed E-state index contributed by atoms with van der Waals surface area (Å²) in [5.74, 6) is -1.11. The number of carbonyl (C=O) groups is 2. The molecule has 0 aromatic carbocycles. The molecule has 0 rings (SSSR count). The molecule has 0 saturated carbocycles. The standard InChI is InChI=1S/C38H70O3/c1-3-5-7-9-11-13-15-17-19-21-23-25-27-29-31-33-35-37(39)41-38(40)36-34-32-30-28-26-24-22-20-18-16-14-12-10-8-6-4-2/h33-36H,3-32H2,1-2H3. The first-order valence-electron chi connectivity index (χ1n) is 18.3. The molecule has 3 nitrogen and oxygen atoms in total. The molecule has 0 unspecified atom stereocenters. The van der Waals surface area contributed by atoms with E-state index in [1.807, 2.05) is 12.2 Å². The highest BCUT2D eigenvalue weighted by atomic mass is 16.6. The second kappa shape index (κ2) is 34.8. The van der Waals surface area contributed by atoms with E-state index in [-0.39, 0.29) is 0 Å². The predicted molar refractivity (Wildman–Crippen MR) is 179 cm³/mol. The van der Waals surface area contributed by atoms with Gasteiger partial charge in [0.1, 0.15) is 0 Å². The van der Waals surface area contributed by atoms with E-state index in [1.54, 1.807) is 0 Å². The van der Waals surface area contributed by atoms with Gasteiger partial charge in [-0.25, -0.2) is 9.59 Å². The Labute approximate surface area is 256 Å². The highest BCUT2D eigenvalue weighted by molar-refractivity contribution is 5.96. The SMILES string of the molecule is CCCCCCCCCCCCCCCCC=CC(=O)OC(=O)C=CCCCCCCCCCCCCCCCC. The zero-order valence-corrected chi connectivity index (χ0v) is 27.7. The lowest BCUT2D eigenvalue weighted by Crippen LogP contribution is -2.06. The molecule has 3 heteroatoms. The molecule has 0 amide bonds. The van der Waals surface area contributed by atoms with Crippen LogP contribution in [0.15, 0.2) is 24.3 Å². The van der Waals surface area contributed by atoms with Gasteiger partial charge in [0.25, 0.3) is 0 Å². The van der Waals surface area contributed by atoms with Crippen molar-refractivity contribution >= 4 is 11.9 Å². The molecule has 0 aliphatic carbocycles. The predicted octanol–water partition coefficient (Wildman–Crippen LogP) is 12.9.